The summed E-state index contributed by atoms with van der Waals surface area (Å²) in [7, 11) is 0. The van der Waals surface area contributed by atoms with E-state index in [0.29, 0.717) is 17.8 Å². The van der Waals surface area contributed by atoms with Gasteiger partial charge in [0, 0.05) is 17.9 Å². The van der Waals surface area contributed by atoms with Crippen molar-refractivity contribution >= 4 is 17.4 Å². The molecule has 2 amide bonds. The maximum absolute atomic E-state index is 10.8. The van der Waals surface area contributed by atoms with E-state index in [1.807, 2.05) is 24.3 Å². The van der Waals surface area contributed by atoms with Crippen molar-refractivity contribution in [1.29, 1.82) is 5.26 Å². The lowest BCUT2D eigenvalue weighted by molar-refractivity contribution is 0.259. The number of anilines is 2. The van der Waals surface area contributed by atoms with Crippen LogP contribution in [0.25, 0.3) is 0 Å². The standard InChI is InChI=1S/C15H14N4O/c16-9-11-4-6-12(7-5-11)10-18-13-2-1-3-14(8-13)19-15(17)20/h1-8,18H,10H2,(H3,17,19,20). The van der Waals surface area contributed by atoms with Crippen LogP contribution in [0.3, 0.4) is 0 Å². The number of nitrogens with zero attached hydrogens (tertiary/aromatic N) is 1. The molecule has 0 spiro atoms. The van der Waals surface area contributed by atoms with Gasteiger partial charge in [0.25, 0.3) is 0 Å². The van der Waals surface area contributed by atoms with Gasteiger partial charge >= 0.3 is 6.03 Å². The number of carbonyl (C=O) groups excluding carboxylic acids is 1. The molecular weight excluding hydrogens is 252 g/mol. The molecular formula is C15H14N4O. The van der Waals surface area contributed by atoms with Gasteiger partial charge in [-0.2, -0.15) is 5.26 Å². The fourth-order valence-corrected chi connectivity index (χ4v) is 1.75. The minimum atomic E-state index is -0.589. The number of hydrogen-bond donors (Lipinski definition) is 3. The number of nitrogens with one attached hydrogen (secondary N) is 2. The summed E-state index contributed by atoms with van der Waals surface area (Å²) in [5, 5.41) is 14.5. The number of urea groups is 1. The number of carbonyl (C=O) groups is 1. The molecule has 0 saturated carbocycles. The molecule has 0 bridgehead atoms. The van der Waals surface area contributed by atoms with Gasteiger partial charge in [0.15, 0.2) is 0 Å². The second-order valence-electron chi connectivity index (χ2n) is 4.23. The minimum Gasteiger partial charge on any atom is -0.381 e. The summed E-state index contributed by atoms with van der Waals surface area (Å²) >= 11 is 0. The van der Waals surface area contributed by atoms with E-state index < -0.39 is 6.03 Å². The lowest BCUT2D eigenvalue weighted by Crippen LogP contribution is -2.19. The van der Waals surface area contributed by atoms with Crippen LogP contribution in [0.2, 0.25) is 0 Å². The van der Waals surface area contributed by atoms with Crippen LogP contribution in [-0.4, -0.2) is 6.03 Å². The fraction of sp³-hybridized carbons (Fsp3) is 0.0667. The lowest BCUT2D eigenvalue weighted by atomic mass is 10.1. The summed E-state index contributed by atoms with van der Waals surface area (Å²) in [5.41, 5.74) is 8.29. The van der Waals surface area contributed by atoms with Crippen LogP contribution in [0.5, 0.6) is 0 Å². The summed E-state index contributed by atoms with van der Waals surface area (Å²) in [6.07, 6.45) is 0. The number of rotatable bonds is 4. The maximum Gasteiger partial charge on any atom is 0.316 e. The third-order valence-electron chi connectivity index (χ3n) is 2.71. The highest BCUT2D eigenvalue weighted by Gasteiger charge is 1.99. The number of nitrogens with two attached hydrogens (primary N) is 1. The second kappa shape index (κ2) is 6.25. The first kappa shape index (κ1) is 13.4. The zero-order chi connectivity index (χ0) is 14.4. The SMILES string of the molecule is N#Cc1ccc(CNc2cccc(NC(N)=O)c2)cc1. The third kappa shape index (κ3) is 3.75. The van der Waals surface area contributed by atoms with E-state index >= 15 is 0 Å². The number of hydrogen-bond acceptors (Lipinski definition) is 3. The van der Waals surface area contributed by atoms with Crippen LogP contribution >= 0.6 is 0 Å². The molecule has 0 aliphatic heterocycles. The van der Waals surface area contributed by atoms with E-state index in [1.54, 1.807) is 24.3 Å². The Labute approximate surface area is 117 Å². The average Bonchev–Trinajstić information content (AvgIpc) is 2.45. The molecule has 0 fully saturated rings. The molecule has 20 heavy (non-hydrogen) atoms. The summed E-state index contributed by atoms with van der Waals surface area (Å²) in [6.45, 7) is 0.631. The summed E-state index contributed by atoms with van der Waals surface area (Å²) in [5.74, 6) is 0. The number of benzene rings is 2. The molecule has 2 rings (SSSR count). The molecule has 0 aliphatic carbocycles. The van der Waals surface area contributed by atoms with E-state index in [0.717, 1.165) is 11.3 Å². The highest BCUT2D eigenvalue weighted by Crippen LogP contribution is 2.16. The zero-order valence-corrected chi connectivity index (χ0v) is 10.8. The Kier molecular flexibility index (Phi) is 4.20. The summed E-state index contributed by atoms with van der Waals surface area (Å²) < 4.78 is 0. The first-order valence-corrected chi connectivity index (χ1v) is 6.07. The average molecular weight is 266 g/mol. The Hall–Kier alpha value is -3.00. The van der Waals surface area contributed by atoms with Crippen molar-refractivity contribution in [3.05, 3.63) is 59.7 Å². The molecule has 0 atom stereocenters. The predicted molar refractivity (Wildman–Crippen MR) is 78.1 cm³/mol. The predicted octanol–water partition coefficient (Wildman–Crippen LogP) is 2.66. The van der Waals surface area contributed by atoms with Crippen molar-refractivity contribution in [2.24, 2.45) is 5.73 Å². The number of primary amides is 1. The van der Waals surface area contributed by atoms with Gasteiger partial charge in [-0.05, 0) is 35.9 Å². The molecule has 0 aliphatic rings. The van der Waals surface area contributed by atoms with E-state index in [9.17, 15) is 4.79 Å². The van der Waals surface area contributed by atoms with E-state index in [1.165, 1.54) is 0 Å². The molecule has 0 heterocycles. The van der Waals surface area contributed by atoms with Crippen LogP contribution in [0.1, 0.15) is 11.1 Å². The first-order chi connectivity index (χ1) is 9.67. The lowest BCUT2D eigenvalue weighted by Gasteiger charge is -2.08. The van der Waals surface area contributed by atoms with Gasteiger partial charge in [-0.1, -0.05) is 18.2 Å². The van der Waals surface area contributed by atoms with Gasteiger partial charge < -0.3 is 16.4 Å². The largest absolute Gasteiger partial charge is 0.381 e. The molecule has 0 radical (unpaired) electrons. The Morgan fingerprint density at radius 2 is 1.85 bits per heavy atom. The van der Waals surface area contributed by atoms with Gasteiger partial charge in [-0.25, -0.2) is 4.79 Å². The van der Waals surface area contributed by atoms with Gasteiger partial charge in [0.1, 0.15) is 0 Å². The van der Waals surface area contributed by atoms with E-state index in [2.05, 4.69) is 16.7 Å². The molecule has 0 saturated heterocycles. The van der Waals surface area contributed by atoms with Crippen LogP contribution in [0, 0.1) is 11.3 Å². The van der Waals surface area contributed by atoms with Crippen LogP contribution < -0.4 is 16.4 Å². The fourth-order valence-electron chi connectivity index (χ4n) is 1.75. The van der Waals surface area contributed by atoms with Crippen molar-refractivity contribution in [3.63, 3.8) is 0 Å². The normalized spacial score (nSPS) is 9.55. The number of amides is 2. The van der Waals surface area contributed by atoms with Gasteiger partial charge in [-0.15, -0.1) is 0 Å². The zero-order valence-electron chi connectivity index (χ0n) is 10.8. The molecule has 2 aromatic carbocycles. The van der Waals surface area contributed by atoms with Crippen LogP contribution in [0.4, 0.5) is 16.2 Å². The molecule has 2 aromatic rings. The summed E-state index contributed by atoms with van der Waals surface area (Å²) in [6, 6.07) is 16.1. The molecule has 0 unspecified atom stereocenters. The molecule has 0 aromatic heterocycles. The van der Waals surface area contributed by atoms with Crippen molar-refractivity contribution in [3.8, 4) is 6.07 Å². The molecule has 5 nitrogen and oxygen atoms in total. The maximum atomic E-state index is 10.8. The Morgan fingerprint density at radius 3 is 2.50 bits per heavy atom. The second-order valence-corrected chi connectivity index (χ2v) is 4.23. The van der Waals surface area contributed by atoms with Crippen LogP contribution in [-0.2, 0) is 6.54 Å². The van der Waals surface area contributed by atoms with Crippen molar-refractivity contribution in [2.45, 2.75) is 6.54 Å². The number of nitriles is 1. The highest BCUT2D eigenvalue weighted by molar-refractivity contribution is 5.88. The van der Waals surface area contributed by atoms with Crippen LogP contribution in [0.15, 0.2) is 48.5 Å². The highest BCUT2D eigenvalue weighted by atomic mass is 16.2. The van der Waals surface area contributed by atoms with Gasteiger partial charge in [0.05, 0.1) is 11.6 Å². The first-order valence-electron chi connectivity index (χ1n) is 6.07. The minimum absolute atomic E-state index is 0.589. The van der Waals surface area contributed by atoms with Crippen molar-refractivity contribution in [2.75, 3.05) is 10.6 Å². The van der Waals surface area contributed by atoms with E-state index in [-0.39, 0.29) is 0 Å². The Morgan fingerprint density at radius 1 is 1.15 bits per heavy atom. The third-order valence-corrected chi connectivity index (χ3v) is 2.71. The molecule has 100 valence electrons. The smallest absolute Gasteiger partial charge is 0.316 e. The van der Waals surface area contributed by atoms with Crippen molar-refractivity contribution < 1.29 is 4.79 Å². The van der Waals surface area contributed by atoms with E-state index in [4.69, 9.17) is 11.0 Å². The Bertz CT molecular complexity index is 644. The molecule has 5 heteroatoms. The van der Waals surface area contributed by atoms with Gasteiger partial charge in [-0.3, -0.25) is 0 Å². The topological polar surface area (TPSA) is 90.9 Å². The Balaban J connectivity index is 1.99. The quantitative estimate of drug-likeness (QED) is 0.794. The van der Waals surface area contributed by atoms with Gasteiger partial charge in [0.2, 0.25) is 0 Å². The molecule has 4 N–H and O–H groups in total. The van der Waals surface area contributed by atoms with Crippen molar-refractivity contribution in [1.82, 2.24) is 0 Å². The summed E-state index contributed by atoms with van der Waals surface area (Å²) in [4.78, 5) is 10.8. The monoisotopic (exact) mass is 266 g/mol.